The van der Waals surface area contributed by atoms with Gasteiger partial charge in [0.05, 0.1) is 11.8 Å². The lowest BCUT2D eigenvalue weighted by Crippen LogP contribution is -2.42. The highest BCUT2D eigenvalue weighted by Crippen LogP contribution is 2.35. The lowest BCUT2D eigenvalue weighted by molar-refractivity contribution is -0.127. The molecule has 0 radical (unpaired) electrons. The van der Waals surface area contributed by atoms with Gasteiger partial charge in [-0.2, -0.15) is 0 Å². The van der Waals surface area contributed by atoms with Gasteiger partial charge in [-0.3, -0.25) is 9.59 Å². The van der Waals surface area contributed by atoms with E-state index in [9.17, 15) is 9.59 Å². The van der Waals surface area contributed by atoms with Crippen molar-refractivity contribution in [3.8, 4) is 0 Å². The number of amides is 2. The Hall–Kier alpha value is -1.88. The zero-order chi connectivity index (χ0) is 15.5. The first-order valence-corrected chi connectivity index (χ1v) is 7.34. The number of primary amides is 1. The maximum Gasteiger partial charge on any atom is 0.232 e. The Balaban J connectivity index is 2.21. The summed E-state index contributed by atoms with van der Waals surface area (Å²) in [6.45, 7) is 5.69. The molecule has 0 saturated carbocycles. The van der Waals surface area contributed by atoms with Gasteiger partial charge in [-0.15, -0.1) is 0 Å². The third kappa shape index (κ3) is 3.24. The summed E-state index contributed by atoms with van der Waals surface area (Å²) in [5.74, 6) is -0.145. The van der Waals surface area contributed by atoms with Crippen LogP contribution in [0.1, 0.15) is 25.8 Å². The van der Waals surface area contributed by atoms with Crippen molar-refractivity contribution >= 4 is 17.5 Å². The molecule has 5 heteroatoms. The molecule has 1 unspecified atom stereocenters. The predicted octanol–water partition coefficient (Wildman–Crippen LogP) is 1.29. The van der Waals surface area contributed by atoms with Crippen molar-refractivity contribution in [3.05, 3.63) is 29.8 Å². The second-order valence-electron chi connectivity index (χ2n) is 5.99. The number of rotatable bonds is 5. The van der Waals surface area contributed by atoms with Crippen LogP contribution in [0.25, 0.3) is 0 Å². The standard InChI is InChI=1S/C16H23N3O2/c1-11(2)16(7-8-18-10-16)15(21)19-13-6-4-3-5-12(13)9-14(17)20/h3-6,11,18H,7-10H2,1-2H3,(H2,17,20)(H,19,21). The third-order valence-electron chi connectivity index (χ3n) is 4.38. The van der Waals surface area contributed by atoms with Gasteiger partial charge in [0.15, 0.2) is 0 Å². The van der Waals surface area contributed by atoms with Crippen molar-refractivity contribution < 1.29 is 9.59 Å². The summed E-state index contributed by atoms with van der Waals surface area (Å²) in [7, 11) is 0. The van der Waals surface area contributed by atoms with E-state index < -0.39 is 5.91 Å². The molecule has 0 aliphatic carbocycles. The first-order valence-electron chi connectivity index (χ1n) is 7.34. The van der Waals surface area contributed by atoms with Gasteiger partial charge >= 0.3 is 0 Å². The molecular formula is C16H23N3O2. The molecule has 5 nitrogen and oxygen atoms in total. The fourth-order valence-corrected chi connectivity index (χ4v) is 2.89. The van der Waals surface area contributed by atoms with Crippen LogP contribution in [0.4, 0.5) is 5.69 Å². The van der Waals surface area contributed by atoms with E-state index in [2.05, 4.69) is 24.5 Å². The van der Waals surface area contributed by atoms with Crippen LogP contribution in [0.3, 0.4) is 0 Å². The molecule has 1 fully saturated rings. The summed E-state index contributed by atoms with van der Waals surface area (Å²) < 4.78 is 0. The van der Waals surface area contributed by atoms with E-state index in [4.69, 9.17) is 5.73 Å². The van der Waals surface area contributed by atoms with Gasteiger partial charge in [0.2, 0.25) is 11.8 Å². The van der Waals surface area contributed by atoms with Crippen LogP contribution < -0.4 is 16.4 Å². The Labute approximate surface area is 125 Å². The van der Waals surface area contributed by atoms with Gasteiger partial charge in [-0.05, 0) is 30.5 Å². The average Bonchev–Trinajstić information content (AvgIpc) is 2.91. The van der Waals surface area contributed by atoms with E-state index in [1.807, 2.05) is 24.3 Å². The molecule has 1 aromatic rings. The first-order chi connectivity index (χ1) is 9.95. The molecule has 1 heterocycles. The second kappa shape index (κ2) is 6.26. The molecule has 1 aliphatic rings. The highest BCUT2D eigenvalue weighted by molar-refractivity contribution is 5.97. The van der Waals surface area contributed by atoms with Crippen molar-refractivity contribution in [3.63, 3.8) is 0 Å². The molecule has 1 saturated heterocycles. The van der Waals surface area contributed by atoms with Gasteiger partial charge in [0.1, 0.15) is 0 Å². The van der Waals surface area contributed by atoms with Crippen LogP contribution in [0.15, 0.2) is 24.3 Å². The molecule has 0 bridgehead atoms. The summed E-state index contributed by atoms with van der Waals surface area (Å²) in [4.78, 5) is 23.9. The maximum atomic E-state index is 12.7. The van der Waals surface area contributed by atoms with Gasteiger partial charge in [-0.25, -0.2) is 0 Å². The van der Waals surface area contributed by atoms with Crippen LogP contribution in [0.2, 0.25) is 0 Å². The number of hydrogen-bond acceptors (Lipinski definition) is 3. The molecule has 1 aromatic carbocycles. The van der Waals surface area contributed by atoms with E-state index in [0.29, 0.717) is 12.2 Å². The molecule has 4 N–H and O–H groups in total. The number of nitrogens with one attached hydrogen (secondary N) is 2. The Morgan fingerprint density at radius 2 is 2.10 bits per heavy atom. The average molecular weight is 289 g/mol. The number of para-hydroxylation sites is 1. The normalized spacial score (nSPS) is 21.5. The van der Waals surface area contributed by atoms with Gasteiger partial charge in [0.25, 0.3) is 0 Å². The Bertz CT molecular complexity index is 534. The number of benzene rings is 1. The highest BCUT2D eigenvalue weighted by Gasteiger charge is 2.43. The minimum absolute atomic E-state index is 0.0134. The first kappa shape index (κ1) is 15.5. The highest BCUT2D eigenvalue weighted by atomic mass is 16.2. The van der Waals surface area contributed by atoms with Crippen LogP contribution in [0.5, 0.6) is 0 Å². The smallest absolute Gasteiger partial charge is 0.232 e. The van der Waals surface area contributed by atoms with E-state index >= 15 is 0 Å². The van der Waals surface area contributed by atoms with E-state index in [1.54, 1.807) is 0 Å². The number of nitrogens with two attached hydrogens (primary N) is 1. The molecule has 2 amide bonds. The number of carbonyl (C=O) groups excluding carboxylic acids is 2. The predicted molar refractivity (Wildman–Crippen MR) is 82.7 cm³/mol. The van der Waals surface area contributed by atoms with Crippen LogP contribution in [0, 0.1) is 11.3 Å². The zero-order valence-corrected chi connectivity index (χ0v) is 12.6. The SMILES string of the molecule is CC(C)C1(C(=O)Nc2ccccc2CC(N)=O)CCNC1. The summed E-state index contributed by atoms with van der Waals surface area (Å²) >= 11 is 0. The van der Waals surface area contributed by atoms with E-state index in [-0.39, 0.29) is 23.7 Å². The zero-order valence-electron chi connectivity index (χ0n) is 12.6. The summed E-state index contributed by atoms with van der Waals surface area (Å²) in [6, 6.07) is 7.31. The van der Waals surface area contributed by atoms with Crippen LogP contribution in [-0.2, 0) is 16.0 Å². The van der Waals surface area contributed by atoms with Crippen molar-refractivity contribution in [2.24, 2.45) is 17.1 Å². The minimum atomic E-state index is -0.405. The van der Waals surface area contributed by atoms with Crippen molar-refractivity contribution in [2.75, 3.05) is 18.4 Å². The largest absolute Gasteiger partial charge is 0.369 e. The van der Waals surface area contributed by atoms with Gasteiger partial charge in [-0.1, -0.05) is 32.0 Å². The molecule has 1 aliphatic heterocycles. The Kier molecular flexibility index (Phi) is 4.63. The Morgan fingerprint density at radius 1 is 1.38 bits per heavy atom. The number of hydrogen-bond donors (Lipinski definition) is 3. The molecule has 114 valence electrons. The minimum Gasteiger partial charge on any atom is -0.369 e. The Morgan fingerprint density at radius 3 is 2.67 bits per heavy atom. The summed E-state index contributed by atoms with van der Waals surface area (Å²) in [5, 5.41) is 6.27. The molecule has 0 spiro atoms. The van der Waals surface area contributed by atoms with Gasteiger partial charge < -0.3 is 16.4 Å². The number of anilines is 1. The second-order valence-corrected chi connectivity index (χ2v) is 5.99. The molecule has 0 aromatic heterocycles. The molecule has 21 heavy (non-hydrogen) atoms. The van der Waals surface area contributed by atoms with Crippen LogP contribution in [-0.4, -0.2) is 24.9 Å². The van der Waals surface area contributed by atoms with E-state index in [0.717, 1.165) is 18.5 Å². The fourth-order valence-electron chi connectivity index (χ4n) is 2.89. The summed E-state index contributed by atoms with van der Waals surface area (Å²) in [5.41, 5.74) is 6.30. The van der Waals surface area contributed by atoms with Crippen molar-refractivity contribution in [1.29, 1.82) is 0 Å². The molecule has 1 atom stereocenters. The maximum absolute atomic E-state index is 12.7. The number of carbonyl (C=O) groups is 2. The monoisotopic (exact) mass is 289 g/mol. The fraction of sp³-hybridized carbons (Fsp3) is 0.500. The molecular weight excluding hydrogens is 266 g/mol. The molecule has 2 rings (SSSR count). The van der Waals surface area contributed by atoms with Gasteiger partial charge in [0, 0.05) is 12.2 Å². The van der Waals surface area contributed by atoms with E-state index in [1.165, 1.54) is 0 Å². The quantitative estimate of drug-likeness (QED) is 0.763. The lowest BCUT2D eigenvalue weighted by atomic mass is 9.75. The lowest BCUT2D eigenvalue weighted by Gasteiger charge is -2.31. The topological polar surface area (TPSA) is 84.2 Å². The van der Waals surface area contributed by atoms with Crippen LogP contribution >= 0.6 is 0 Å². The van der Waals surface area contributed by atoms with Crippen molar-refractivity contribution in [2.45, 2.75) is 26.7 Å². The van der Waals surface area contributed by atoms with Crippen molar-refractivity contribution in [1.82, 2.24) is 5.32 Å². The summed E-state index contributed by atoms with van der Waals surface area (Å²) in [6.07, 6.45) is 0.956. The third-order valence-corrected chi connectivity index (χ3v) is 4.38.